The molecule has 0 spiro atoms. The van der Waals surface area contributed by atoms with Crippen LogP contribution in [0.3, 0.4) is 0 Å². The van der Waals surface area contributed by atoms with Gasteiger partial charge >= 0.3 is 0 Å². The molecule has 4 aromatic rings. The maximum atomic E-state index is 10.1. The van der Waals surface area contributed by atoms with Gasteiger partial charge in [-0.1, -0.05) is 40.9 Å². The van der Waals surface area contributed by atoms with Crippen LogP contribution >= 0.6 is 34.8 Å². The summed E-state index contributed by atoms with van der Waals surface area (Å²) < 4.78 is 6.74. The highest BCUT2D eigenvalue weighted by atomic mass is 35.5. The Kier molecular flexibility index (Phi) is 6.99. The molecule has 0 atom stereocenters. The molecule has 33 heavy (non-hydrogen) atoms. The van der Waals surface area contributed by atoms with Crippen molar-refractivity contribution in [2.24, 2.45) is 10.1 Å². The molecule has 3 aromatic carbocycles. The van der Waals surface area contributed by atoms with Gasteiger partial charge in [-0.3, -0.25) is 0 Å². The molecule has 9 heteroatoms. The molecule has 0 fully saturated rings. The number of aromatic hydroxyl groups is 1. The van der Waals surface area contributed by atoms with Gasteiger partial charge in [-0.2, -0.15) is 5.10 Å². The fourth-order valence-electron chi connectivity index (χ4n) is 2.92. The van der Waals surface area contributed by atoms with Gasteiger partial charge < -0.3 is 9.84 Å². The minimum absolute atomic E-state index is 0.0491. The van der Waals surface area contributed by atoms with Crippen molar-refractivity contribution in [1.82, 2.24) is 9.66 Å². The molecular weight excluding hydrogens is 483 g/mol. The van der Waals surface area contributed by atoms with Gasteiger partial charge in [0.2, 0.25) is 0 Å². The highest BCUT2D eigenvalue weighted by Gasteiger charge is 2.10. The number of rotatable bonds is 6. The van der Waals surface area contributed by atoms with E-state index in [1.54, 1.807) is 49.9 Å². The van der Waals surface area contributed by atoms with E-state index < -0.39 is 0 Å². The molecule has 6 nitrogen and oxygen atoms in total. The van der Waals surface area contributed by atoms with Crippen molar-refractivity contribution >= 4 is 53.2 Å². The van der Waals surface area contributed by atoms with Gasteiger partial charge in [-0.25, -0.2) is 14.7 Å². The molecule has 0 aliphatic carbocycles. The summed E-state index contributed by atoms with van der Waals surface area (Å²) in [5.74, 6) is 1.08. The largest absolute Gasteiger partial charge is 0.507 e. The number of methoxy groups -OCH3 is 1. The maximum absolute atomic E-state index is 10.1. The van der Waals surface area contributed by atoms with Crippen LogP contribution in [0.2, 0.25) is 15.1 Å². The summed E-state index contributed by atoms with van der Waals surface area (Å²) in [6.45, 7) is 0. The number of phenolic OH excluding ortho intramolecular Hbond substituents is 1. The zero-order chi connectivity index (χ0) is 23.4. The Morgan fingerprint density at radius 1 is 0.909 bits per heavy atom. The van der Waals surface area contributed by atoms with Gasteiger partial charge in [-0.15, -0.1) is 0 Å². The molecule has 0 radical (unpaired) electrons. The number of halogens is 3. The predicted octanol–water partition coefficient (Wildman–Crippen LogP) is 6.86. The van der Waals surface area contributed by atoms with Crippen LogP contribution in [0.25, 0.3) is 11.3 Å². The first kappa shape index (κ1) is 22.9. The van der Waals surface area contributed by atoms with E-state index in [4.69, 9.17) is 39.5 Å². The van der Waals surface area contributed by atoms with Crippen LogP contribution in [-0.2, 0) is 0 Å². The van der Waals surface area contributed by atoms with Gasteiger partial charge in [-0.05, 0) is 54.6 Å². The zero-order valence-corrected chi connectivity index (χ0v) is 19.6. The molecule has 1 heterocycles. The summed E-state index contributed by atoms with van der Waals surface area (Å²) in [5, 5.41) is 16.0. The van der Waals surface area contributed by atoms with Crippen molar-refractivity contribution in [2.75, 3.05) is 7.11 Å². The molecule has 0 aliphatic rings. The summed E-state index contributed by atoms with van der Waals surface area (Å²) in [7, 11) is 1.61. The number of hydrogen-bond donors (Lipinski definition) is 1. The molecule has 0 unspecified atom stereocenters. The van der Waals surface area contributed by atoms with Gasteiger partial charge in [0.25, 0.3) is 5.95 Å². The zero-order valence-electron chi connectivity index (χ0n) is 17.3. The van der Waals surface area contributed by atoms with Crippen LogP contribution in [0.4, 0.5) is 5.95 Å². The van der Waals surface area contributed by atoms with Crippen molar-refractivity contribution in [3.05, 3.63) is 93.1 Å². The van der Waals surface area contributed by atoms with Crippen molar-refractivity contribution in [1.29, 1.82) is 0 Å². The molecule has 0 saturated carbocycles. The second-order valence-corrected chi connectivity index (χ2v) is 8.15. The van der Waals surface area contributed by atoms with Crippen LogP contribution in [0, 0.1) is 0 Å². The van der Waals surface area contributed by atoms with Crippen molar-refractivity contribution in [3.8, 4) is 22.8 Å². The van der Waals surface area contributed by atoms with Crippen LogP contribution in [0.1, 0.15) is 11.1 Å². The van der Waals surface area contributed by atoms with E-state index in [1.165, 1.54) is 17.0 Å². The number of imidazole rings is 1. The average Bonchev–Trinajstić information content (AvgIpc) is 3.22. The van der Waals surface area contributed by atoms with Gasteiger partial charge in [0.15, 0.2) is 0 Å². The number of ether oxygens (including phenoxy) is 1. The molecule has 0 aliphatic heterocycles. The number of nitrogens with zero attached hydrogens (tertiary/aromatic N) is 4. The topological polar surface area (TPSA) is 72.0 Å². The molecule has 1 aromatic heterocycles. The molecule has 166 valence electrons. The van der Waals surface area contributed by atoms with E-state index in [-0.39, 0.29) is 5.75 Å². The van der Waals surface area contributed by atoms with Crippen LogP contribution in [0.15, 0.2) is 77.0 Å². The Morgan fingerprint density at radius 3 is 2.36 bits per heavy atom. The van der Waals surface area contributed by atoms with Crippen LogP contribution in [-0.4, -0.2) is 34.3 Å². The average molecular weight is 500 g/mol. The first-order valence-corrected chi connectivity index (χ1v) is 10.8. The Morgan fingerprint density at radius 2 is 1.64 bits per heavy atom. The number of aromatic nitrogens is 2. The van der Waals surface area contributed by atoms with Gasteiger partial charge in [0.1, 0.15) is 11.5 Å². The number of aliphatic imine (C=N–C) groups is 1. The van der Waals surface area contributed by atoms with E-state index in [2.05, 4.69) is 15.1 Å². The van der Waals surface area contributed by atoms with E-state index in [9.17, 15) is 5.11 Å². The molecule has 0 amide bonds. The second kappa shape index (κ2) is 10.1. The first-order chi connectivity index (χ1) is 15.9. The highest BCUT2D eigenvalue weighted by molar-refractivity contribution is 6.36. The fraction of sp³-hybridized carbons (Fsp3) is 0.0417. The maximum Gasteiger partial charge on any atom is 0.251 e. The third-order valence-electron chi connectivity index (χ3n) is 4.65. The summed E-state index contributed by atoms with van der Waals surface area (Å²) in [6.07, 6.45) is 4.81. The van der Waals surface area contributed by atoms with Crippen molar-refractivity contribution in [3.63, 3.8) is 0 Å². The quantitative estimate of drug-likeness (QED) is 0.295. The Hall–Kier alpha value is -3.32. The lowest BCUT2D eigenvalue weighted by atomic mass is 10.2. The number of phenols is 1. The lowest BCUT2D eigenvalue weighted by molar-refractivity contribution is 0.415. The van der Waals surface area contributed by atoms with Crippen LogP contribution in [0.5, 0.6) is 11.5 Å². The fourth-order valence-corrected chi connectivity index (χ4v) is 3.56. The van der Waals surface area contributed by atoms with E-state index in [1.807, 2.05) is 24.3 Å². The van der Waals surface area contributed by atoms with Gasteiger partial charge in [0, 0.05) is 33.0 Å². The highest BCUT2D eigenvalue weighted by Crippen LogP contribution is 2.26. The monoisotopic (exact) mass is 498 g/mol. The Labute approximate surface area is 205 Å². The van der Waals surface area contributed by atoms with E-state index in [0.29, 0.717) is 37.8 Å². The number of benzene rings is 3. The van der Waals surface area contributed by atoms with E-state index >= 15 is 0 Å². The lowest BCUT2D eigenvalue weighted by Crippen LogP contribution is -1.91. The van der Waals surface area contributed by atoms with Gasteiger partial charge in [0.05, 0.1) is 30.2 Å². The number of hydrogen-bond acceptors (Lipinski definition) is 5. The summed E-state index contributed by atoms with van der Waals surface area (Å²) in [4.78, 5) is 9.02. The summed E-state index contributed by atoms with van der Waals surface area (Å²) in [6, 6.07) is 17.3. The molecule has 0 saturated heterocycles. The van der Waals surface area contributed by atoms with Crippen molar-refractivity contribution in [2.45, 2.75) is 0 Å². The van der Waals surface area contributed by atoms with E-state index in [0.717, 1.165) is 11.3 Å². The smallest absolute Gasteiger partial charge is 0.251 e. The van der Waals surface area contributed by atoms with Crippen LogP contribution < -0.4 is 4.74 Å². The minimum atomic E-state index is 0.0491. The molecule has 0 bridgehead atoms. The second-order valence-electron chi connectivity index (χ2n) is 6.87. The standard InChI is InChI=1S/C24H17Cl3N4O2/c1-33-20-7-3-15(4-8-20)22-14-31(29-13-16-2-5-19(26)11-21(16)27)24(30-22)28-12-17-10-18(25)6-9-23(17)32/h2-14,32H,1H3/b28-12?,29-13-. The summed E-state index contributed by atoms with van der Waals surface area (Å²) >= 11 is 18.3. The van der Waals surface area contributed by atoms with Crippen molar-refractivity contribution < 1.29 is 9.84 Å². The Balaban J connectivity index is 1.73. The summed E-state index contributed by atoms with van der Waals surface area (Å²) in [5.41, 5.74) is 2.65. The molecule has 1 N–H and O–H groups in total. The normalized spacial score (nSPS) is 11.5. The third-order valence-corrected chi connectivity index (χ3v) is 5.45. The molecule has 4 rings (SSSR count). The minimum Gasteiger partial charge on any atom is -0.507 e. The first-order valence-electron chi connectivity index (χ1n) is 9.69. The molecular formula is C24H17Cl3N4O2. The SMILES string of the molecule is COc1ccc(-c2cn(/N=C\c3ccc(Cl)cc3Cl)c(N=Cc3cc(Cl)ccc3O)n2)cc1. The third kappa shape index (κ3) is 5.54. The Bertz CT molecular complexity index is 1350. The lowest BCUT2D eigenvalue weighted by Gasteiger charge is -2.00. The predicted molar refractivity (Wildman–Crippen MR) is 134 cm³/mol.